The maximum absolute atomic E-state index is 9.64. The summed E-state index contributed by atoms with van der Waals surface area (Å²) >= 11 is 1.99. The lowest BCUT2D eigenvalue weighted by atomic mass is 10.0. The molecule has 1 N–H and O–H groups in total. The van der Waals surface area contributed by atoms with Crippen molar-refractivity contribution in [2.24, 2.45) is 0 Å². The highest BCUT2D eigenvalue weighted by atomic mass is 32.1. The molecule has 4 rings (SSSR count). The predicted molar refractivity (Wildman–Crippen MR) is 126 cm³/mol. The largest absolute Gasteiger partial charge is 0.396 e. The number of rotatable bonds is 8. The first-order chi connectivity index (χ1) is 14.7. The third-order valence-electron chi connectivity index (χ3n) is 6.71. The molecule has 2 fully saturated rings. The van der Waals surface area contributed by atoms with E-state index in [4.69, 9.17) is 0 Å². The smallest absolute Gasteiger partial charge is 0.0446 e. The average Bonchev–Trinajstić information content (AvgIpc) is 3.19. The first kappa shape index (κ1) is 22.0. The minimum Gasteiger partial charge on any atom is -0.396 e. The number of aryl methyl sites for hydroxylation is 1. The SMILES string of the molecule is Cc1ccccc1CN1CCN(Cc2ccc(CN3CCCCC3)s2)C[C@H]1CCO. The van der Waals surface area contributed by atoms with Crippen LogP contribution in [0, 0.1) is 6.92 Å². The van der Waals surface area contributed by atoms with E-state index in [1.807, 2.05) is 11.3 Å². The Kier molecular flexibility index (Phi) is 7.96. The Morgan fingerprint density at radius 3 is 2.33 bits per heavy atom. The van der Waals surface area contributed by atoms with Crippen LogP contribution in [0.2, 0.25) is 0 Å². The molecule has 2 aliphatic rings. The number of aliphatic hydroxyl groups is 1. The molecule has 0 saturated carbocycles. The van der Waals surface area contributed by atoms with Crippen molar-refractivity contribution in [1.82, 2.24) is 14.7 Å². The summed E-state index contributed by atoms with van der Waals surface area (Å²) in [5, 5.41) is 9.64. The van der Waals surface area contributed by atoms with Crippen LogP contribution in [0.5, 0.6) is 0 Å². The molecule has 0 spiro atoms. The summed E-state index contributed by atoms with van der Waals surface area (Å²) in [6, 6.07) is 13.8. The molecule has 3 heterocycles. The monoisotopic (exact) mass is 427 g/mol. The molecule has 1 atom stereocenters. The van der Waals surface area contributed by atoms with Crippen LogP contribution in [0.3, 0.4) is 0 Å². The van der Waals surface area contributed by atoms with Gasteiger partial charge in [-0.3, -0.25) is 14.7 Å². The van der Waals surface area contributed by atoms with Gasteiger partial charge in [0.15, 0.2) is 0 Å². The molecule has 2 saturated heterocycles. The van der Waals surface area contributed by atoms with Crippen molar-refractivity contribution in [3.63, 3.8) is 0 Å². The van der Waals surface area contributed by atoms with Crippen molar-refractivity contribution in [3.8, 4) is 0 Å². The van der Waals surface area contributed by atoms with E-state index < -0.39 is 0 Å². The molecular weight excluding hydrogens is 390 g/mol. The Labute approximate surface area is 186 Å². The second-order valence-corrected chi connectivity index (χ2v) is 10.3. The normalized spacial score (nSPS) is 21.9. The van der Waals surface area contributed by atoms with E-state index in [0.717, 1.165) is 45.7 Å². The Morgan fingerprint density at radius 1 is 0.867 bits per heavy atom. The molecule has 30 heavy (non-hydrogen) atoms. The first-order valence-corrected chi connectivity index (χ1v) is 12.4. The maximum atomic E-state index is 9.64. The van der Waals surface area contributed by atoms with Gasteiger partial charge in [-0.15, -0.1) is 11.3 Å². The Morgan fingerprint density at radius 2 is 1.60 bits per heavy atom. The number of piperidine rings is 1. The summed E-state index contributed by atoms with van der Waals surface area (Å²) in [6.07, 6.45) is 4.97. The van der Waals surface area contributed by atoms with E-state index in [9.17, 15) is 5.11 Å². The van der Waals surface area contributed by atoms with Gasteiger partial charge in [0, 0.05) is 61.7 Å². The minimum atomic E-state index is 0.266. The number of thiophene rings is 1. The van der Waals surface area contributed by atoms with E-state index in [2.05, 4.69) is 58.0 Å². The Balaban J connectivity index is 1.32. The first-order valence-electron chi connectivity index (χ1n) is 11.6. The third-order valence-corrected chi connectivity index (χ3v) is 7.77. The lowest BCUT2D eigenvalue weighted by molar-refractivity contribution is 0.0503. The van der Waals surface area contributed by atoms with Crippen LogP contribution in [-0.4, -0.2) is 65.2 Å². The summed E-state index contributed by atoms with van der Waals surface area (Å²) in [5.41, 5.74) is 2.77. The van der Waals surface area contributed by atoms with Crippen LogP contribution in [0.25, 0.3) is 0 Å². The number of nitrogens with zero attached hydrogens (tertiary/aromatic N) is 3. The van der Waals surface area contributed by atoms with Gasteiger partial charge in [0.2, 0.25) is 0 Å². The molecule has 0 unspecified atom stereocenters. The number of aliphatic hydroxyl groups excluding tert-OH is 1. The van der Waals surface area contributed by atoms with Crippen LogP contribution in [0.4, 0.5) is 0 Å². The summed E-state index contributed by atoms with van der Waals surface area (Å²) in [6.45, 7) is 11.4. The molecule has 164 valence electrons. The minimum absolute atomic E-state index is 0.266. The molecule has 0 bridgehead atoms. The van der Waals surface area contributed by atoms with Gasteiger partial charge in [-0.05, 0) is 62.5 Å². The molecule has 1 aromatic carbocycles. The van der Waals surface area contributed by atoms with Crippen LogP contribution in [-0.2, 0) is 19.6 Å². The highest BCUT2D eigenvalue weighted by Crippen LogP contribution is 2.24. The fraction of sp³-hybridized carbons (Fsp3) is 0.600. The highest BCUT2D eigenvalue weighted by molar-refractivity contribution is 7.11. The van der Waals surface area contributed by atoms with Gasteiger partial charge in [0.05, 0.1) is 0 Å². The lowest BCUT2D eigenvalue weighted by Crippen LogP contribution is -2.52. The second kappa shape index (κ2) is 10.9. The zero-order valence-electron chi connectivity index (χ0n) is 18.4. The summed E-state index contributed by atoms with van der Waals surface area (Å²) in [7, 11) is 0. The van der Waals surface area contributed by atoms with Gasteiger partial charge in [0.1, 0.15) is 0 Å². The highest BCUT2D eigenvalue weighted by Gasteiger charge is 2.27. The number of piperazine rings is 1. The maximum Gasteiger partial charge on any atom is 0.0446 e. The van der Waals surface area contributed by atoms with E-state index in [0.29, 0.717) is 6.04 Å². The van der Waals surface area contributed by atoms with E-state index in [1.165, 1.54) is 53.2 Å². The predicted octanol–water partition coefficient (Wildman–Crippen LogP) is 4.11. The van der Waals surface area contributed by atoms with Crippen molar-refractivity contribution < 1.29 is 5.11 Å². The van der Waals surface area contributed by atoms with Gasteiger partial charge < -0.3 is 5.11 Å². The fourth-order valence-corrected chi connectivity index (χ4v) is 5.99. The lowest BCUT2D eigenvalue weighted by Gasteiger charge is -2.41. The third kappa shape index (κ3) is 5.92. The molecule has 4 nitrogen and oxygen atoms in total. The van der Waals surface area contributed by atoms with Gasteiger partial charge >= 0.3 is 0 Å². The number of hydrogen-bond donors (Lipinski definition) is 1. The van der Waals surface area contributed by atoms with Gasteiger partial charge in [-0.25, -0.2) is 0 Å². The molecular formula is C25H37N3OS. The zero-order valence-corrected chi connectivity index (χ0v) is 19.2. The van der Waals surface area contributed by atoms with Crippen LogP contribution < -0.4 is 0 Å². The van der Waals surface area contributed by atoms with Crippen LogP contribution in [0.1, 0.15) is 46.6 Å². The molecule has 5 heteroatoms. The van der Waals surface area contributed by atoms with E-state index in [-0.39, 0.29) is 6.61 Å². The molecule has 2 aliphatic heterocycles. The molecule has 0 radical (unpaired) electrons. The summed E-state index contributed by atoms with van der Waals surface area (Å²) < 4.78 is 0. The number of benzene rings is 1. The Bertz CT molecular complexity index is 786. The summed E-state index contributed by atoms with van der Waals surface area (Å²) in [4.78, 5) is 10.8. The fourth-order valence-electron chi connectivity index (χ4n) is 4.89. The number of hydrogen-bond acceptors (Lipinski definition) is 5. The van der Waals surface area contributed by atoms with Crippen LogP contribution >= 0.6 is 11.3 Å². The van der Waals surface area contributed by atoms with E-state index in [1.54, 1.807) is 0 Å². The van der Waals surface area contributed by atoms with Crippen molar-refractivity contribution in [3.05, 3.63) is 57.3 Å². The van der Waals surface area contributed by atoms with Gasteiger partial charge in [-0.2, -0.15) is 0 Å². The standard InChI is InChI=1S/C25H37N3OS/c1-21-7-3-4-8-22(21)17-28-15-14-27(18-23(28)11-16-29)20-25-10-9-24(30-25)19-26-12-5-2-6-13-26/h3-4,7-10,23,29H,2,5-6,11-20H2,1H3/t23-/m1/s1. The molecule has 1 aromatic heterocycles. The second-order valence-electron chi connectivity index (χ2n) is 9.00. The van der Waals surface area contributed by atoms with Crippen LogP contribution in [0.15, 0.2) is 36.4 Å². The van der Waals surface area contributed by atoms with Crippen molar-refractivity contribution in [2.45, 2.75) is 58.3 Å². The number of likely N-dealkylation sites (tertiary alicyclic amines) is 1. The van der Waals surface area contributed by atoms with Gasteiger partial charge in [-0.1, -0.05) is 30.7 Å². The molecule has 0 amide bonds. The molecule has 0 aliphatic carbocycles. The van der Waals surface area contributed by atoms with E-state index >= 15 is 0 Å². The van der Waals surface area contributed by atoms with Crippen molar-refractivity contribution >= 4 is 11.3 Å². The van der Waals surface area contributed by atoms with Crippen molar-refractivity contribution in [2.75, 3.05) is 39.3 Å². The van der Waals surface area contributed by atoms with Crippen molar-refractivity contribution in [1.29, 1.82) is 0 Å². The summed E-state index contributed by atoms with van der Waals surface area (Å²) in [5.74, 6) is 0. The van der Waals surface area contributed by atoms with Gasteiger partial charge in [0.25, 0.3) is 0 Å². The average molecular weight is 428 g/mol. The Hall–Kier alpha value is -1.24. The molecule has 2 aromatic rings. The topological polar surface area (TPSA) is 30.0 Å². The quantitative estimate of drug-likeness (QED) is 0.687. The zero-order chi connectivity index (χ0) is 20.8.